The monoisotopic (exact) mass is 723 g/mol. The molecule has 3 rings (SSSR count). The van der Waals surface area contributed by atoms with Crippen molar-refractivity contribution in [3.8, 4) is 0 Å². The number of likely N-dealkylation sites (tertiary alicyclic amines) is 2. The maximum Gasteiger partial charge on any atom is 0.355 e. The first-order valence-electron chi connectivity index (χ1n) is 11.5. The number of carboxylic acid groups (broad SMARTS) is 3. The van der Waals surface area contributed by atoms with E-state index in [4.69, 9.17) is 0 Å². The van der Waals surface area contributed by atoms with Crippen LogP contribution in [0.4, 0.5) is 0 Å². The van der Waals surface area contributed by atoms with E-state index in [1.807, 2.05) is 0 Å². The van der Waals surface area contributed by atoms with Crippen molar-refractivity contribution in [3.05, 3.63) is 0 Å². The van der Waals surface area contributed by atoms with Crippen molar-refractivity contribution in [1.29, 1.82) is 0 Å². The standard InChI is InChI=1S/C18H17N3O22S3/c22-8-1-5(44(34,35)36)12(27)19(8)18(16(32)33,20-9(23)2-6(13(20)28)45(37,38)39)17(15(30)31,4-11(25)26)43-21-10(24)3-7(14(21)29)46(40,41)42/h5-7H,1-4H2,(H,25,26)(H,30,31)(H,32,33)(H,34,35,36)(H,37,38,39)(H,40,41,42). The number of hydrogen-bond donors (Lipinski definition) is 6. The highest BCUT2D eigenvalue weighted by Gasteiger charge is 2.80. The Morgan fingerprint density at radius 1 is 0.630 bits per heavy atom. The van der Waals surface area contributed by atoms with Crippen LogP contribution in [0.15, 0.2) is 0 Å². The molecule has 3 aliphatic heterocycles. The zero-order valence-electron chi connectivity index (χ0n) is 21.8. The molecule has 3 heterocycles. The molecule has 46 heavy (non-hydrogen) atoms. The van der Waals surface area contributed by atoms with Crippen LogP contribution < -0.4 is 0 Å². The Morgan fingerprint density at radius 2 is 0.978 bits per heavy atom. The van der Waals surface area contributed by atoms with Gasteiger partial charge in [0.25, 0.3) is 65.2 Å². The molecule has 3 fully saturated rings. The van der Waals surface area contributed by atoms with Gasteiger partial charge in [0.05, 0.1) is 25.7 Å². The lowest BCUT2D eigenvalue weighted by Gasteiger charge is -2.50. The van der Waals surface area contributed by atoms with Gasteiger partial charge in [-0.2, -0.15) is 30.3 Å². The van der Waals surface area contributed by atoms with Crippen molar-refractivity contribution in [2.75, 3.05) is 0 Å². The summed E-state index contributed by atoms with van der Waals surface area (Å²) >= 11 is 0. The van der Waals surface area contributed by atoms with Gasteiger partial charge in [-0.1, -0.05) is 0 Å². The molecule has 0 aromatic heterocycles. The molecule has 0 radical (unpaired) electrons. The second-order valence-electron chi connectivity index (χ2n) is 9.56. The van der Waals surface area contributed by atoms with Crippen LogP contribution in [0, 0.1) is 0 Å². The van der Waals surface area contributed by atoms with Gasteiger partial charge in [0.1, 0.15) is 0 Å². The van der Waals surface area contributed by atoms with Crippen LogP contribution >= 0.6 is 0 Å². The Hall–Kier alpha value is -4.48. The molecular formula is C18H17N3O22S3. The molecule has 6 N–H and O–H groups in total. The van der Waals surface area contributed by atoms with Gasteiger partial charge in [-0.25, -0.2) is 24.2 Å². The van der Waals surface area contributed by atoms with E-state index in [-0.39, 0.29) is 0 Å². The highest BCUT2D eigenvalue weighted by molar-refractivity contribution is 7.87. The van der Waals surface area contributed by atoms with Crippen LogP contribution in [-0.4, -0.2) is 149 Å². The van der Waals surface area contributed by atoms with Crippen LogP contribution in [0.5, 0.6) is 0 Å². The van der Waals surface area contributed by atoms with Crippen molar-refractivity contribution < 1.29 is 102 Å². The zero-order valence-corrected chi connectivity index (χ0v) is 24.3. The zero-order chi connectivity index (χ0) is 35.7. The largest absolute Gasteiger partial charge is 0.481 e. The quantitative estimate of drug-likeness (QED) is 0.0806. The molecule has 25 nitrogen and oxygen atoms in total. The fraction of sp³-hybridized carbons (Fsp3) is 0.500. The number of amides is 6. The van der Waals surface area contributed by atoms with Gasteiger partial charge in [-0.05, 0) is 0 Å². The molecule has 3 aliphatic rings. The predicted octanol–water partition coefficient (Wildman–Crippen LogP) is -5.96. The molecule has 0 aromatic rings. The lowest BCUT2D eigenvalue weighted by Crippen LogP contribution is -2.82. The summed E-state index contributed by atoms with van der Waals surface area (Å²) in [5.74, 6) is -22.7. The van der Waals surface area contributed by atoms with E-state index in [0.29, 0.717) is 0 Å². The van der Waals surface area contributed by atoms with Crippen LogP contribution in [0.2, 0.25) is 0 Å². The van der Waals surface area contributed by atoms with Crippen LogP contribution in [0.3, 0.4) is 0 Å². The number of carbonyl (C=O) groups excluding carboxylic acids is 6. The van der Waals surface area contributed by atoms with E-state index in [0.717, 1.165) is 0 Å². The molecule has 0 aliphatic carbocycles. The first-order chi connectivity index (χ1) is 20.7. The minimum Gasteiger partial charge on any atom is -0.481 e. The molecule has 0 bridgehead atoms. The average molecular weight is 724 g/mol. The SMILES string of the molecule is O=C(O)CC(ON1C(=O)CC(S(=O)(=O)O)C1=O)(C(=O)O)C(C(=O)O)(N1C(=O)CC(S(=O)(=O)O)C1=O)N1C(=O)CC(S(=O)(=O)O)C1=O. The van der Waals surface area contributed by atoms with Crippen LogP contribution in [0.25, 0.3) is 0 Å². The number of imide groups is 3. The van der Waals surface area contributed by atoms with Crippen molar-refractivity contribution in [3.63, 3.8) is 0 Å². The van der Waals surface area contributed by atoms with Gasteiger partial charge in [0, 0.05) is 0 Å². The molecular weight excluding hydrogens is 706 g/mol. The number of aliphatic carboxylic acids is 3. The summed E-state index contributed by atoms with van der Waals surface area (Å²) in [5, 5.41) is 20.5. The van der Waals surface area contributed by atoms with Crippen molar-refractivity contribution >= 4 is 83.7 Å². The fourth-order valence-corrected chi connectivity index (χ4v) is 7.07. The summed E-state index contributed by atoms with van der Waals surface area (Å²) in [6.45, 7) is 0. The normalized spacial score (nSPS) is 25.6. The lowest BCUT2D eigenvalue weighted by molar-refractivity contribution is -0.278. The topological polar surface area (TPSA) is 396 Å². The molecule has 0 spiro atoms. The van der Waals surface area contributed by atoms with Gasteiger partial charge < -0.3 is 15.3 Å². The van der Waals surface area contributed by atoms with E-state index < -0.39 is 151 Å². The van der Waals surface area contributed by atoms with E-state index >= 15 is 0 Å². The van der Waals surface area contributed by atoms with E-state index in [9.17, 15) is 97.4 Å². The molecule has 28 heteroatoms. The molecule has 0 aromatic carbocycles. The maximum atomic E-state index is 13.3. The predicted molar refractivity (Wildman–Crippen MR) is 129 cm³/mol. The van der Waals surface area contributed by atoms with E-state index in [1.54, 1.807) is 0 Å². The Balaban J connectivity index is 2.57. The number of carboxylic acids is 3. The van der Waals surface area contributed by atoms with E-state index in [2.05, 4.69) is 4.84 Å². The van der Waals surface area contributed by atoms with Gasteiger partial charge in [0.2, 0.25) is 11.8 Å². The Morgan fingerprint density at radius 3 is 1.24 bits per heavy atom. The van der Waals surface area contributed by atoms with Gasteiger partial charge in [-0.15, -0.1) is 0 Å². The highest BCUT2D eigenvalue weighted by atomic mass is 32.2. The molecule has 254 valence electrons. The van der Waals surface area contributed by atoms with Crippen molar-refractivity contribution in [2.24, 2.45) is 0 Å². The molecule has 3 saturated heterocycles. The highest BCUT2D eigenvalue weighted by Crippen LogP contribution is 2.46. The first kappa shape index (κ1) is 36.0. The summed E-state index contributed by atoms with van der Waals surface area (Å²) in [6.07, 6.45) is -7.82. The Bertz CT molecular complexity index is 1780. The third-order valence-electron chi connectivity index (χ3n) is 6.85. The lowest BCUT2D eigenvalue weighted by atomic mass is 9.80. The average Bonchev–Trinajstić information content (AvgIpc) is 3.45. The number of nitrogens with zero attached hydrogens (tertiary/aromatic N) is 3. The number of hydrogen-bond acceptors (Lipinski definition) is 16. The van der Waals surface area contributed by atoms with Crippen molar-refractivity contribution in [2.45, 2.75) is 52.7 Å². The summed E-state index contributed by atoms with van der Waals surface area (Å²) in [4.78, 5) is 119. The molecule has 0 saturated carbocycles. The van der Waals surface area contributed by atoms with E-state index in [1.165, 1.54) is 0 Å². The Labute approximate surface area is 253 Å². The summed E-state index contributed by atoms with van der Waals surface area (Å²) < 4.78 is 98.8. The Kier molecular flexibility index (Phi) is 8.68. The number of hydroxylamine groups is 2. The van der Waals surface area contributed by atoms with Gasteiger partial charge >= 0.3 is 17.9 Å². The minimum absolute atomic E-state index is 0.968. The fourth-order valence-electron chi connectivity index (χ4n) is 4.94. The summed E-state index contributed by atoms with van der Waals surface area (Å²) in [6, 6.07) is 0. The summed E-state index contributed by atoms with van der Waals surface area (Å²) in [5.41, 5.74) is -9.86. The number of carbonyl (C=O) groups is 9. The molecule has 4 unspecified atom stereocenters. The van der Waals surface area contributed by atoms with Crippen LogP contribution in [-0.2, 0) is 78.3 Å². The molecule has 4 atom stereocenters. The second kappa shape index (κ2) is 11.1. The van der Waals surface area contributed by atoms with Gasteiger partial charge in [0.15, 0.2) is 15.7 Å². The van der Waals surface area contributed by atoms with Gasteiger partial charge in [-0.3, -0.25) is 47.2 Å². The van der Waals surface area contributed by atoms with Crippen molar-refractivity contribution in [1.82, 2.24) is 14.9 Å². The smallest absolute Gasteiger partial charge is 0.355 e. The summed E-state index contributed by atoms with van der Waals surface area (Å²) in [7, 11) is -17.2. The number of rotatable bonds is 12. The second-order valence-corrected chi connectivity index (χ2v) is 14.4. The third kappa shape index (κ3) is 5.37. The first-order valence-corrected chi connectivity index (χ1v) is 16.1. The third-order valence-corrected chi connectivity index (χ3v) is 10.1. The minimum atomic E-state index is -5.79. The van der Waals surface area contributed by atoms with Crippen LogP contribution in [0.1, 0.15) is 25.7 Å². The maximum absolute atomic E-state index is 13.3. The molecule has 6 amide bonds.